The molecule has 0 bridgehead atoms. The summed E-state index contributed by atoms with van der Waals surface area (Å²) in [6.45, 7) is 3.07. The monoisotopic (exact) mass is 378 g/mol. The second kappa shape index (κ2) is 10.0. The van der Waals surface area contributed by atoms with Crippen molar-refractivity contribution in [3.05, 3.63) is 23.8 Å². The predicted octanol–water partition coefficient (Wildman–Crippen LogP) is 1.13. The first-order valence-corrected chi connectivity index (χ1v) is 8.87. The lowest BCUT2D eigenvalue weighted by Crippen LogP contribution is -2.47. The first kappa shape index (κ1) is 20.9. The summed E-state index contributed by atoms with van der Waals surface area (Å²) in [4.78, 5) is 40.1. The molecule has 0 atom stereocenters. The van der Waals surface area contributed by atoms with E-state index in [4.69, 9.17) is 14.2 Å². The maximum atomic E-state index is 12.8. The van der Waals surface area contributed by atoms with Crippen LogP contribution in [0.5, 0.6) is 5.75 Å². The van der Waals surface area contributed by atoms with Crippen LogP contribution < -0.4 is 9.64 Å². The Bertz CT molecular complexity index is 683. The van der Waals surface area contributed by atoms with Crippen molar-refractivity contribution in [1.82, 2.24) is 4.90 Å². The van der Waals surface area contributed by atoms with E-state index in [-0.39, 0.29) is 30.7 Å². The van der Waals surface area contributed by atoms with Gasteiger partial charge in [0.15, 0.2) is 12.4 Å². The van der Waals surface area contributed by atoms with Gasteiger partial charge in [-0.15, -0.1) is 0 Å². The molecule has 0 radical (unpaired) electrons. The molecule has 0 unspecified atom stereocenters. The summed E-state index contributed by atoms with van der Waals surface area (Å²) in [6, 6.07) is 4.94. The van der Waals surface area contributed by atoms with Gasteiger partial charge in [0.1, 0.15) is 12.3 Å². The van der Waals surface area contributed by atoms with Crippen LogP contribution in [0.4, 0.5) is 5.69 Å². The topological polar surface area (TPSA) is 85.4 Å². The summed E-state index contributed by atoms with van der Waals surface area (Å²) < 4.78 is 15.5. The third-order valence-electron chi connectivity index (χ3n) is 4.32. The fourth-order valence-electron chi connectivity index (χ4n) is 2.75. The number of carbonyl (C=O) groups is 3. The lowest BCUT2D eigenvalue weighted by atomic mass is 10.1. The molecule has 27 heavy (non-hydrogen) atoms. The van der Waals surface area contributed by atoms with Crippen molar-refractivity contribution in [2.45, 2.75) is 13.3 Å². The van der Waals surface area contributed by atoms with Gasteiger partial charge in [0, 0.05) is 39.3 Å². The van der Waals surface area contributed by atoms with E-state index in [1.807, 2.05) is 0 Å². The Morgan fingerprint density at radius 1 is 1.19 bits per heavy atom. The van der Waals surface area contributed by atoms with Crippen molar-refractivity contribution in [2.75, 3.05) is 58.6 Å². The van der Waals surface area contributed by atoms with Gasteiger partial charge in [-0.1, -0.05) is 6.92 Å². The van der Waals surface area contributed by atoms with Crippen LogP contribution in [0.25, 0.3) is 0 Å². The molecule has 1 aliphatic heterocycles. The lowest BCUT2D eigenvalue weighted by Gasteiger charge is -2.31. The molecular weight excluding hydrogens is 352 g/mol. The molecule has 148 valence electrons. The summed E-state index contributed by atoms with van der Waals surface area (Å²) in [6.07, 6.45) is 0.355. The third kappa shape index (κ3) is 5.27. The number of rotatable bonds is 10. The van der Waals surface area contributed by atoms with E-state index in [0.29, 0.717) is 49.7 Å². The molecule has 1 aromatic carbocycles. The molecule has 2 amide bonds. The van der Waals surface area contributed by atoms with Crippen LogP contribution in [-0.2, 0) is 19.1 Å². The van der Waals surface area contributed by atoms with Gasteiger partial charge in [0.05, 0.1) is 18.9 Å². The van der Waals surface area contributed by atoms with Gasteiger partial charge in [-0.2, -0.15) is 0 Å². The van der Waals surface area contributed by atoms with Crippen LogP contribution >= 0.6 is 0 Å². The predicted molar refractivity (Wildman–Crippen MR) is 99.2 cm³/mol. The minimum Gasteiger partial charge on any atom is -0.482 e. The van der Waals surface area contributed by atoms with Gasteiger partial charge in [0.2, 0.25) is 5.91 Å². The minimum atomic E-state index is -0.324. The molecular formula is C19H26N2O6. The molecule has 2 rings (SSSR count). The van der Waals surface area contributed by atoms with Gasteiger partial charge in [0.25, 0.3) is 5.91 Å². The highest BCUT2D eigenvalue weighted by Crippen LogP contribution is 2.33. The number of benzene rings is 1. The second-order valence-electron chi connectivity index (χ2n) is 6.09. The van der Waals surface area contributed by atoms with Crippen LogP contribution in [0.3, 0.4) is 0 Å². The molecule has 0 aromatic heterocycles. The highest BCUT2D eigenvalue weighted by Gasteiger charge is 2.29. The number of anilines is 1. The quantitative estimate of drug-likeness (QED) is 0.568. The zero-order valence-corrected chi connectivity index (χ0v) is 16.0. The number of methoxy groups -OCH3 is 2. The van der Waals surface area contributed by atoms with E-state index in [0.717, 1.165) is 0 Å². The van der Waals surface area contributed by atoms with Crippen LogP contribution in [0.2, 0.25) is 0 Å². The van der Waals surface area contributed by atoms with Crippen LogP contribution in [0.15, 0.2) is 18.2 Å². The van der Waals surface area contributed by atoms with Crippen molar-refractivity contribution >= 4 is 23.3 Å². The molecule has 0 aliphatic carbocycles. The van der Waals surface area contributed by atoms with Gasteiger partial charge in [-0.05, 0) is 18.2 Å². The number of fused-ring (bicyclic) bond motifs is 1. The molecule has 0 N–H and O–H groups in total. The Morgan fingerprint density at radius 3 is 2.44 bits per heavy atom. The number of nitrogens with zero attached hydrogens (tertiary/aromatic N) is 2. The van der Waals surface area contributed by atoms with Crippen molar-refractivity contribution in [1.29, 1.82) is 0 Å². The number of ether oxygens (including phenoxy) is 3. The number of amides is 2. The molecule has 0 saturated carbocycles. The van der Waals surface area contributed by atoms with Gasteiger partial charge >= 0.3 is 0 Å². The van der Waals surface area contributed by atoms with E-state index in [9.17, 15) is 14.4 Å². The summed E-state index contributed by atoms with van der Waals surface area (Å²) in [5.74, 6) is -0.104. The van der Waals surface area contributed by atoms with Crippen molar-refractivity contribution < 1.29 is 28.6 Å². The van der Waals surface area contributed by atoms with E-state index < -0.39 is 0 Å². The number of hydrogen-bond acceptors (Lipinski definition) is 6. The van der Waals surface area contributed by atoms with Crippen molar-refractivity contribution in [2.24, 2.45) is 0 Å². The second-order valence-corrected chi connectivity index (χ2v) is 6.09. The van der Waals surface area contributed by atoms with Crippen LogP contribution in [-0.4, -0.2) is 76.2 Å². The average molecular weight is 378 g/mol. The van der Waals surface area contributed by atoms with Gasteiger partial charge < -0.3 is 19.1 Å². The molecule has 8 heteroatoms. The Hall–Kier alpha value is -2.45. The zero-order valence-electron chi connectivity index (χ0n) is 16.0. The number of Topliss-reactive ketones (excluding diaryl/α,β-unsaturated/α-hetero) is 1. The zero-order chi connectivity index (χ0) is 19.8. The maximum Gasteiger partial charge on any atom is 0.265 e. The van der Waals surface area contributed by atoms with Crippen LogP contribution in [0.1, 0.15) is 23.7 Å². The number of ketones is 1. The smallest absolute Gasteiger partial charge is 0.265 e. The molecule has 0 fully saturated rings. The van der Waals surface area contributed by atoms with Crippen molar-refractivity contribution in [3.8, 4) is 5.75 Å². The average Bonchev–Trinajstić information content (AvgIpc) is 2.69. The van der Waals surface area contributed by atoms with Gasteiger partial charge in [-0.25, -0.2) is 0 Å². The van der Waals surface area contributed by atoms with E-state index >= 15 is 0 Å². The first-order chi connectivity index (χ1) is 13.0. The number of hydrogen-bond donors (Lipinski definition) is 0. The Balaban J connectivity index is 2.22. The highest BCUT2D eigenvalue weighted by molar-refractivity contribution is 6.04. The number of carbonyl (C=O) groups excluding carboxylic acids is 3. The molecule has 1 aliphatic rings. The fourth-order valence-corrected chi connectivity index (χ4v) is 2.75. The Morgan fingerprint density at radius 2 is 1.85 bits per heavy atom. The van der Waals surface area contributed by atoms with E-state index in [1.165, 1.54) is 4.90 Å². The standard InChI is InChI=1S/C19H26N2O6/c1-4-16(22)14-5-6-17-15(11-14)21(19(24)13-27-17)12-18(23)20(7-9-25-2)8-10-26-3/h5-6,11H,4,7-10,12-13H2,1-3H3. The Labute approximate surface area is 159 Å². The maximum absolute atomic E-state index is 12.8. The summed E-state index contributed by atoms with van der Waals surface area (Å²) in [7, 11) is 3.12. The molecule has 0 saturated heterocycles. The molecule has 0 spiro atoms. The fraction of sp³-hybridized carbons (Fsp3) is 0.526. The lowest BCUT2D eigenvalue weighted by molar-refractivity contribution is -0.133. The molecule has 8 nitrogen and oxygen atoms in total. The largest absolute Gasteiger partial charge is 0.482 e. The summed E-state index contributed by atoms with van der Waals surface area (Å²) in [5.41, 5.74) is 0.931. The van der Waals surface area contributed by atoms with E-state index in [2.05, 4.69) is 0 Å². The summed E-state index contributed by atoms with van der Waals surface area (Å²) in [5, 5.41) is 0. The van der Waals surface area contributed by atoms with Gasteiger partial charge in [-0.3, -0.25) is 19.3 Å². The third-order valence-corrected chi connectivity index (χ3v) is 4.32. The Kier molecular flexibility index (Phi) is 7.75. The van der Waals surface area contributed by atoms with E-state index in [1.54, 1.807) is 44.2 Å². The normalized spacial score (nSPS) is 13.1. The molecule has 1 heterocycles. The SMILES string of the molecule is CCC(=O)c1ccc2c(c1)N(CC(=O)N(CCOC)CCOC)C(=O)CO2. The summed E-state index contributed by atoms with van der Waals surface area (Å²) >= 11 is 0. The van der Waals surface area contributed by atoms with Crippen LogP contribution in [0, 0.1) is 0 Å². The highest BCUT2D eigenvalue weighted by atomic mass is 16.5. The minimum absolute atomic E-state index is 0.0380. The van der Waals surface area contributed by atoms with Crippen molar-refractivity contribution in [3.63, 3.8) is 0 Å². The first-order valence-electron chi connectivity index (χ1n) is 8.87. The molecule has 1 aromatic rings.